The van der Waals surface area contributed by atoms with Crippen LogP contribution in [0, 0.1) is 0 Å². The Morgan fingerprint density at radius 1 is 0.569 bits per heavy atom. The summed E-state index contributed by atoms with van der Waals surface area (Å²) in [5.41, 5.74) is 3.95. The molecule has 1 amide bonds. The summed E-state index contributed by atoms with van der Waals surface area (Å²) in [5, 5.41) is 49.0. The SMILES string of the molecule is CCNC(=O)Oc1ccc(-n2nnc(-c3ccccn3)n2)cc1OC.COc1cc(-n2nnc(-c3ccccn3)n2)ccc1Br.COc1cc(-n2nnc(-c3ccccn3)n2)ccc1O. The van der Waals surface area contributed by atoms with E-state index in [-0.39, 0.29) is 5.75 Å². The molecular weight excluding hydrogens is 904 g/mol. The number of phenols is 1. The van der Waals surface area contributed by atoms with Gasteiger partial charge in [-0.1, -0.05) is 18.2 Å². The maximum Gasteiger partial charge on any atom is 0.412 e. The fourth-order valence-electron chi connectivity index (χ4n) is 5.47. The second kappa shape index (κ2) is 21.4. The molecule has 0 atom stereocenters. The van der Waals surface area contributed by atoms with Gasteiger partial charge in [0.05, 0.1) is 42.9 Å². The highest BCUT2D eigenvalue weighted by Gasteiger charge is 2.15. The normalized spacial score (nSPS) is 10.4. The number of tetrazole rings is 3. The number of carbonyl (C=O) groups is 1. The van der Waals surface area contributed by atoms with Crippen molar-refractivity contribution < 1.29 is 28.8 Å². The number of benzene rings is 3. The van der Waals surface area contributed by atoms with Crippen LogP contribution in [0.2, 0.25) is 0 Å². The van der Waals surface area contributed by atoms with E-state index < -0.39 is 6.09 Å². The van der Waals surface area contributed by atoms with Gasteiger partial charge in [0.2, 0.25) is 17.5 Å². The largest absolute Gasteiger partial charge is 0.504 e. The highest BCUT2D eigenvalue weighted by atomic mass is 79.9. The zero-order chi connectivity index (χ0) is 45.5. The lowest BCUT2D eigenvalue weighted by Gasteiger charge is -2.10. The van der Waals surface area contributed by atoms with Crippen LogP contribution >= 0.6 is 15.9 Å². The van der Waals surface area contributed by atoms with Gasteiger partial charge in [-0.25, -0.2) is 4.79 Å². The molecule has 6 aromatic heterocycles. The fraction of sp³-hybridized carbons (Fsp3) is 0.119. The zero-order valence-electron chi connectivity index (χ0n) is 34.9. The third-order valence-corrected chi connectivity index (χ3v) is 9.24. The molecule has 6 heterocycles. The second-order valence-corrected chi connectivity index (χ2v) is 13.6. The number of halogens is 1. The van der Waals surface area contributed by atoms with Gasteiger partial charge in [-0.05, 0) is 111 Å². The number of amides is 1. The van der Waals surface area contributed by atoms with E-state index in [0.29, 0.717) is 75.5 Å². The lowest BCUT2D eigenvalue weighted by molar-refractivity contribution is 0.199. The Morgan fingerprint density at radius 3 is 1.43 bits per heavy atom. The minimum Gasteiger partial charge on any atom is -0.504 e. The summed E-state index contributed by atoms with van der Waals surface area (Å²) in [5.74, 6) is 3.09. The molecular formula is C42H37BrN16O6. The first-order chi connectivity index (χ1) is 31.8. The van der Waals surface area contributed by atoms with Crippen LogP contribution in [0.5, 0.6) is 28.7 Å². The van der Waals surface area contributed by atoms with E-state index in [1.807, 2.05) is 60.7 Å². The molecule has 328 valence electrons. The summed E-state index contributed by atoms with van der Waals surface area (Å²) in [7, 11) is 4.57. The van der Waals surface area contributed by atoms with Crippen molar-refractivity contribution in [3.05, 3.63) is 132 Å². The summed E-state index contributed by atoms with van der Waals surface area (Å²) < 4.78 is 21.6. The minimum absolute atomic E-state index is 0.0568. The molecule has 0 aliphatic carbocycles. The number of hydrogen-bond acceptors (Lipinski definition) is 18. The quantitative estimate of drug-likeness (QED) is 0.156. The number of aromatic hydroxyl groups is 1. The summed E-state index contributed by atoms with van der Waals surface area (Å²) in [4.78, 5) is 28.2. The average molecular weight is 942 g/mol. The smallest absolute Gasteiger partial charge is 0.412 e. The maximum atomic E-state index is 11.6. The fourth-order valence-corrected chi connectivity index (χ4v) is 5.88. The summed E-state index contributed by atoms with van der Waals surface area (Å²) in [6.07, 6.45) is 4.47. The van der Waals surface area contributed by atoms with E-state index in [9.17, 15) is 9.90 Å². The maximum absolute atomic E-state index is 11.6. The van der Waals surface area contributed by atoms with Gasteiger partial charge in [0, 0.05) is 43.3 Å². The van der Waals surface area contributed by atoms with Crippen LogP contribution in [0.1, 0.15) is 6.92 Å². The average Bonchev–Trinajstić information content (AvgIpc) is 4.17. The Kier molecular flexibility index (Phi) is 14.6. The molecule has 0 aliphatic rings. The first kappa shape index (κ1) is 44.3. The van der Waals surface area contributed by atoms with Gasteiger partial charge in [0.25, 0.3) is 0 Å². The van der Waals surface area contributed by atoms with Gasteiger partial charge in [0.15, 0.2) is 23.0 Å². The lowest BCUT2D eigenvalue weighted by atomic mass is 10.3. The number of aromatic nitrogens is 15. The first-order valence-electron chi connectivity index (χ1n) is 19.3. The van der Waals surface area contributed by atoms with Crippen LogP contribution in [0.15, 0.2) is 132 Å². The van der Waals surface area contributed by atoms with Gasteiger partial charge in [-0.3, -0.25) is 15.0 Å². The minimum atomic E-state index is -0.551. The van der Waals surface area contributed by atoms with Crippen molar-refractivity contribution in [2.75, 3.05) is 27.9 Å². The number of methoxy groups -OCH3 is 3. The molecule has 0 saturated heterocycles. The van der Waals surface area contributed by atoms with Gasteiger partial charge in [0.1, 0.15) is 22.8 Å². The number of ether oxygens (including phenoxy) is 4. The van der Waals surface area contributed by atoms with E-state index in [2.05, 4.69) is 82.4 Å². The number of hydrogen-bond donors (Lipinski definition) is 2. The van der Waals surface area contributed by atoms with E-state index in [1.165, 1.54) is 34.7 Å². The first-order valence-corrected chi connectivity index (χ1v) is 20.1. The standard InChI is InChI=1S/C16H16N6O3.C13H10BrN5O.C13H11N5O2/c1-3-17-16(23)25-13-8-7-11(10-14(13)24-2)22-20-15(19-21-22)12-6-4-5-9-18-12;1-20-12-8-9(5-6-10(12)14)19-17-13(16-18-19)11-4-2-3-7-15-11;1-20-12-8-9(5-6-11(12)19)18-16-13(15-17-18)10-4-2-3-7-14-10/h4-10H,3H2,1-2H3,(H,17,23);2-8H,1H3;2-8,19H,1H3. The molecule has 0 unspecified atom stereocenters. The lowest BCUT2D eigenvalue weighted by Crippen LogP contribution is -2.26. The number of nitrogens with zero attached hydrogens (tertiary/aromatic N) is 15. The van der Waals surface area contributed by atoms with Crippen molar-refractivity contribution in [3.8, 4) is 80.4 Å². The molecule has 65 heavy (non-hydrogen) atoms. The van der Waals surface area contributed by atoms with Crippen LogP contribution < -0.4 is 24.3 Å². The Labute approximate surface area is 378 Å². The van der Waals surface area contributed by atoms with Crippen molar-refractivity contribution in [3.63, 3.8) is 0 Å². The molecule has 0 aliphatic heterocycles. The second-order valence-electron chi connectivity index (χ2n) is 12.8. The van der Waals surface area contributed by atoms with E-state index in [0.717, 1.165) is 10.2 Å². The monoisotopic (exact) mass is 940 g/mol. The highest BCUT2D eigenvalue weighted by molar-refractivity contribution is 9.10. The topological polar surface area (TPSA) is 256 Å². The zero-order valence-corrected chi connectivity index (χ0v) is 36.5. The van der Waals surface area contributed by atoms with Crippen molar-refractivity contribution in [1.82, 2.24) is 80.9 Å². The molecule has 23 heteroatoms. The molecule has 0 bridgehead atoms. The van der Waals surface area contributed by atoms with Gasteiger partial charge < -0.3 is 29.4 Å². The Bertz CT molecular complexity index is 2830. The summed E-state index contributed by atoms with van der Waals surface area (Å²) in [6, 6.07) is 31.8. The highest BCUT2D eigenvalue weighted by Crippen LogP contribution is 2.30. The molecule has 9 aromatic rings. The van der Waals surface area contributed by atoms with Crippen molar-refractivity contribution in [2.45, 2.75) is 6.92 Å². The van der Waals surface area contributed by atoms with Crippen LogP contribution in [-0.2, 0) is 0 Å². The van der Waals surface area contributed by atoms with Gasteiger partial charge in [-0.2, -0.15) is 0 Å². The van der Waals surface area contributed by atoms with E-state index in [4.69, 9.17) is 18.9 Å². The van der Waals surface area contributed by atoms with Crippen molar-refractivity contribution in [2.24, 2.45) is 0 Å². The van der Waals surface area contributed by atoms with Gasteiger partial charge in [-0.15, -0.1) is 45.0 Å². The number of pyridine rings is 3. The van der Waals surface area contributed by atoms with Crippen molar-refractivity contribution in [1.29, 1.82) is 0 Å². The predicted octanol–water partition coefficient (Wildman–Crippen LogP) is 5.78. The molecule has 0 fully saturated rings. The Hall–Kier alpha value is -8.73. The molecule has 9 rings (SSSR count). The molecule has 0 radical (unpaired) electrons. The number of phenolic OH excluding ortho intramolecular Hbond substituents is 1. The van der Waals surface area contributed by atoms with Crippen LogP contribution in [0.4, 0.5) is 4.79 Å². The summed E-state index contributed by atoms with van der Waals surface area (Å²) >= 11 is 3.40. The number of nitrogens with one attached hydrogen (secondary N) is 1. The van der Waals surface area contributed by atoms with Crippen LogP contribution in [0.25, 0.3) is 51.6 Å². The third kappa shape index (κ3) is 11.2. The molecule has 3 aromatic carbocycles. The molecule has 0 spiro atoms. The Morgan fingerprint density at radius 2 is 1.00 bits per heavy atom. The van der Waals surface area contributed by atoms with Crippen LogP contribution in [0.3, 0.4) is 0 Å². The summed E-state index contributed by atoms with van der Waals surface area (Å²) in [6.45, 7) is 2.27. The number of rotatable bonds is 11. The molecule has 22 nitrogen and oxygen atoms in total. The molecule has 0 saturated carbocycles. The Balaban J connectivity index is 0.000000147. The van der Waals surface area contributed by atoms with Crippen molar-refractivity contribution >= 4 is 22.0 Å². The molecule has 2 N–H and O–H groups in total. The van der Waals surface area contributed by atoms with E-state index >= 15 is 0 Å². The van der Waals surface area contributed by atoms with Gasteiger partial charge >= 0.3 is 6.09 Å². The predicted molar refractivity (Wildman–Crippen MR) is 236 cm³/mol. The third-order valence-electron chi connectivity index (χ3n) is 8.58. The van der Waals surface area contributed by atoms with Crippen LogP contribution in [-0.4, -0.2) is 115 Å². The number of carbonyl (C=O) groups excluding carboxylic acids is 1. The van der Waals surface area contributed by atoms with E-state index in [1.54, 1.807) is 75.1 Å².